The smallest absolute Gasteiger partial charge is 0.313 e. The molecule has 0 radical (unpaired) electrons. The van der Waals surface area contributed by atoms with Gasteiger partial charge in [-0.25, -0.2) is 4.68 Å². The summed E-state index contributed by atoms with van der Waals surface area (Å²) < 4.78 is 14.3. The van der Waals surface area contributed by atoms with Gasteiger partial charge in [-0.15, -0.1) is 18.3 Å². The van der Waals surface area contributed by atoms with Crippen molar-refractivity contribution in [2.45, 2.75) is 69.2 Å². The number of carbonyl (C=O) groups is 4. The van der Waals surface area contributed by atoms with Crippen molar-refractivity contribution in [3.8, 4) is 0 Å². The van der Waals surface area contributed by atoms with Gasteiger partial charge in [0.1, 0.15) is 29.9 Å². The van der Waals surface area contributed by atoms with E-state index in [4.69, 9.17) is 9.47 Å². The Morgan fingerprint density at radius 1 is 1.16 bits per heavy atom. The maximum absolute atomic E-state index is 14.7. The fourth-order valence-corrected chi connectivity index (χ4v) is 7.57. The van der Waals surface area contributed by atoms with Crippen molar-refractivity contribution in [3.05, 3.63) is 85.5 Å². The van der Waals surface area contributed by atoms with Crippen molar-refractivity contribution in [1.29, 1.82) is 0 Å². The summed E-state index contributed by atoms with van der Waals surface area (Å²) in [5.41, 5.74) is 0.773. The van der Waals surface area contributed by atoms with Crippen LogP contribution in [0.1, 0.15) is 44.3 Å². The third kappa shape index (κ3) is 6.24. The zero-order chi connectivity index (χ0) is 34.7. The average Bonchev–Trinajstić information content (AvgIpc) is 3.88. The van der Waals surface area contributed by atoms with E-state index in [-0.39, 0.29) is 32.1 Å². The third-order valence-electron chi connectivity index (χ3n) is 9.86. The number of likely N-dealkylation sites (tertiary alicyclic amines) is 1. The second-order valence-corrected chi connectivity index (χ2v) is 12.9. The minimum absolute atomic E-state index is 0.0321. The first-order chi connectivity index (χ1) is 23.7. The highest BCUT2D eigenvalue weighted by Crippen LogP contribution is 2.59. The molecule has 49 heavy (non-hydrogen) atoms. The predicted octanol–water partition coefficient (Wildman–Crippen LogP) is 2.53. The molecule has 2 aromatic carbocycles. The van der Waals surface area contributed by atoms with Crippen LogP contribution in [0.25, 0.3) is 11.0 Å². The zero-order valence-electron chi connectivity index (χ0n) is 27.5. The number of rotatable bonds is 15. The van der Waals surface area contributed by atoms with E-state index < -0.39 is 66.1 Å². The molecule has 2 N–H and O–H groups in total. The number of aliphatic hydroxyl groups excluding tert-OH is 1. The molecule has 3 aliphatic heterocycles. The van der Waals surface area contributed by atoms with Crippen molar-refractivity contribution >= 4 is 34.7 Å². The van der Waals surface area contributed by atoms with Crippen LogP contribution in [-0.2, 0) is 35.3 Å². The molecule has 1 aromatic heterocycles. The summed E-state index contributed by atoms with van der Waals surface area (Å²) in [6, 6.07) is 14.6. The van der Waals surface area contributed by atoms with Gasteiger partial charge >= 0.3 is 5.97 Å². The number of amides is 3. The molecule has 3 aromatic rings. The number of nitrogens with zero attached hydrogens (tertiary/aromatic N) is 5. The van der Waals surface area contributed by atoms with Crippen LogP contribution >= 0.6 is 0 Å². The van der Waals surface area contributed by atoms with Crippen LogP contribution in [0.2, 0.25) is 0 Å². The van der Waals surface area contributed by atoms with Crippen molar-refractivity contribution in [1.82, 2.24) is 30.1 Å². The quantitative estimate of drug-likeness (QED) is 0.183. The SMILES string of the molecule is C=CCCC(=O)NC[C@@H](OC(=O)[C@@H]1[C@H]2C(=O)N([C@H](C)CO)[C@H](C(=O)N(CC=C)Cn3nnc4ccccc43)[C@]23CC[C@H]1O3)c1ccccc1. The fourth-order valence-electron chi connectivity index (χ4n) is 7.57. The summed E-state index contributed by atoms with van der Waals surface area (Å²) in [4.78, 5) is 58.5. The van der Waals surface area contributed by atoms with Gasteiger partial charge in [-0.05, 0) is 43.9 Å². The fraction of sp³-hybridized carbons (Fsp3) is 0.444. The Morgan fingerprint density at radius 3 is 2.65 bits per heavy atom. The Kier molecular flexibility index (Phi) is 9.93. The Balaban J connectivity index is 1.29. The molecule has 13 heteroatoms. The Morgan fingerprint density at radius 2 is 1.92 bits per heavy atom. The van der Waals surface area contributed by atoms with Gasteiger partial charge in [0.2, 0.25) is 17.7 Å². The van der Waals surface area contributed by atoms with E-state index in [1.807, 2.05) is 42.5 Å². The molecule has 258 valence electrons. The molecule has 3 amide bonds. The van der Waals surface area contributed by atoms with Gasteiger partial charge in [0.05, 0.1) is 42.6 Å². The maximum Gasteiger partial charge on any atom is 0.313 e. The Labute approximate surface area is 284 Å². The van der Waals surface area contributed by atoms with E-state index in [9.17, 15) is 24.3 Å². The van der Waals surface area contributed by atoms with Crippen molar-refractivity contribution in [3.63, 3.8) is 0 Å². The lowest BCUT2D eigenvalue weighted by Crippen LogP contribution is -2.58. The van der Waals surface area contributed by atoms with E-state index in [0.717, 1.165) is 5.52 Å². The highest BCUT2D eigenvalue weighted by Gasteiger charge is 2.75. The van der Waals surface area contributed by atoms with Crippen molar-refractivity contribution in [2.75, 3.05) is 19.7 Å². The summed E-state index contributed by atoms with van der Waals surface area (Å²) in [5.74, 6) is -3.68. The predicted molar refractivity (Wildman–Crippen MR) is 178 cm³/mol. The van der Waals surface area contributed by atoms with Gasteiger partial charge in [-0.3, -0.25) is 19.2 Å². The number of esters is 1. The van der Waals surface area contributed by atoms with E-state index >= 15 is 0 Å². The average molecular weight is 671 g/mol. The number of nitrogens with one attached hydrogen (secondary N) is 1. The zero-order valence-corrected chi connectivity index (χ0v) is 27.5. The number of ether oxygens (including phenoxy) is 2. The lowest BCUT2D eigenvalue weighted by Gasteiger charge is -2.38. The van der Waals surface area contributed by atoms with Crippen molar-refractivity contribution < 1.29 is 33.8 Å². The highest BCUT2D eigenvalue weighted by atomic mass is 16.6. The van der Waals surface area contributed by atoms with Crippen LogP contribution < -0.4 is 5.32 Å². The van der Waals surface area contributed by atoms with Crippen LogP contribution in [0.3, 0.4) is 0 Å². The number of carbonyl (C=O) groups excluding carboxylic acids is 4. The summed E-state index contributed by atoms with van der Waals surface area (Å²) in [6.45, 7) is 8.98. The molecule has 0 saturated carbocycles. The number of para-hydroxylation sites is 1. The number of hydrogen-bond acceptors (Lipinski definition) is 9. The van der Waals surface area contributed by atoms with Gasteiger partial charge < -0.3 is 29.7 Å². The van der Waals surface area contributed by atoms with Gasteiger partial charge in [0.25, 0.3) is 0 Å². The number of allylic oxidation sites excluding steroid dienone is 1. The lowest BCUT2D eigenvalue weighted by molar-refractivity contribution is -0.161. The maximum atomic E-state index is 14.7. The number of hydrogen-bond donors (Lipinski definition) is 2. The number of aliphatic hydroxyl groups is 1. The molecule has 6 rings (SSSR count). The largest absolute Gasteiger partial charge is 0.455 e. The third-order valence-corrected chi connectivity index (χ3v) is 9.86. The van der Waals surface area contributed by atoms with E-state index in [2.05, 4.69) is 28.8 Å². The molecule has 3 aliphatic rings. The lowest BCUT2D eigenvalue weighted by atomic mass is 9.70. The molecule has 7 atom stereocenters. The first-order valence-electron chi connectivity index (χ1n) is 16.7. The summed E-state index contributed by atoms with van der Waals surface area (Å²) in [5, 5.41) is 21.5. The standard InChI is InChI=1S/C36H42N6O7/c1-4-6-16-29(44)37-20-28(24-12-8-7-9-13-24)48-35(47)30-27-17-18-36(49-27)31(30)33(45)42(23(3)21-43)32(36)34(46)40(19-5-2)22-41-26-15-11-10-14-25(26)38-39-41/h4-5,7-15,23,27-28,30-32,43H,1-2,6,16-22H2,3H3,(H,37,44)/t23-,27-,28-,30+,31+,32-,36+/m1/s1. The van der Waals surface area contributed by atoms with Crippen LogP contribution in [0.5, 0.6) is 0 Å². The van der Waals surface area contributed by atoms with E-state index in [1.54, 1.807) is 35.9 Å². The van der Waals surface area contributed by atoms with Crippen molar-refractivity contribution in [2.24, 2.45) is 11.8 Å². The highest BCUT2D eigenvalue weighted by molar-refractivity contribution is 5.98. The first kappa shape index (κ1) is 34.0. The van der Waals surface area contributed by atoms with Gasteiger partial charge in [-0.1, -0.05) is 59.8 Å². The van der Waals surface area contributed by atoms with Gasteiger partial charge in [0, 0.05) is 13.0 Å². The minimum atomic E-state index is -1.31. The van der Waals surface area contributed by atoms with E-state index in [0.29, 0.717) is 30.3 Å². The molecule has 0 aliphatic carbocycles. The topological polar surface area (TPSA) is 156 Å². The normalized spacial score (nSPS) is 25.1. The summed E-state index contributed by atoms with van der Waals surface area (Å²) in [6.07, 6.45) is 3.36. The molecule has 13 nitrogen and oxygen atoms in total. The second kappa shape index (κ2) is 14.3. The second-order valence-electron chi connectivity index (χ2n) is 12.9. The van der Waals surface area contributed by atoms with Gasteiger partial charge in [-0.2, -0.15) is 0 Å². The molecular formula is C36H42N6O7. The summed E-state index contributed by atoms with van der Waals surface area (Å²) in [7, 11) is 0. The molecule has 1 spiro atoms. The van der Waals surface area contributed by atoms with Crippen LogP contribution in [-0.4, -0.2) is 97.1 Å². The number of aromatic nitrogens is 3. The Bertz CT molecular complexity index is 1730. The Hall–Kier alpha value is -4.88. The molecule has 3 saturated heterocycles. The molecule has 4 heterocycles. The van der Waals surface area contributed by atoms with Crippen LogP contribution in [0.15, 0.2) is 79.9 Å². The molecule has 0 unspecified atom stereocenters. The van der Waals surface area contributed by atoms with Crippen LogP contribution in [0.4, 0.5) is 0 Å². The minimum Gasteiger partial charge on any atom is -0.455 e. The first-order valence-corrected chi connectivity index (χ1v) is 16.7. The van der Waals surface area contributed by atoms with Crippen LogP contribution in [0, 0.1) is 11.8 Å². The molecule has 2 bridgehead atoms. The number of fused-ring (bicyclic) bond motifs is 2. The molecular weight excluding hydrogens is 628 g/mol. The molecule has 3 fully saturated rings. The summed E-state index contributed by atoms with van der Waals surface area (Å²) >= 11 is 0. The number of benzene rings is 2. The van der Waals surface area contributed by atoms with E-state index in [1.165, 1.54) is 9.80 Å². The monoisotopic (exact) mass is 670 g/mol. The van der Waals surface area contributed by atoms with Gasteiger partial charge in [0.15, 0.2) is 0 Å².